The van der Waals surface area contributed by atoms with Gasteiger partial charge in [0, 0.05) is 6.21 Å². The van der Waals surface area contributed by atoms with Crippen molar-refractivity contribution in [3.63, 3.8) is 0 Å². The van der Waals surface area contributed by atoms with Crippen molar-refractivity contribution in [2.75, 3.05) is 0 Å². The zero-order valence-corrected chi connectivity index (χ0v) is 8.68. The lowest BCUT2D eigenvalue weighted by Crippen LogP contribution is -2.21. The molecule has 0 spiro atoms. The molecule has 0 heterocycles. The van der Waals surface area contributed by atoms with Crippen molar-refractivity contribution < 1.29 is 13.2 Å². The Bertz CT molecular complexity index is 343. The van der Waals surface area contributed by atoms with Gasteiger partial charge in [-0.3, -0.25) is 4.99 Å². The van der Waals surface area contributed by atoms with Crippen LogP contribution in [-0.4, -0.2) is 17.9 Å². The van der Waals surface area contributed by atoms with Crippen LogP contribution in [0.2, 0.25) is 0 Å². The van der Waals surface area contributed by atoms with E-state index in [-0.39, 0.29) is 0 Å². The Morgan fingerprint density at radius 1 is 1.27 bits per heavy atom. The molecule has 0 bridgehead atoms. The van der Waals surface area contributed by atoms with Gasteiger partial charge in [-0.05, 0) is 12.5 Å². The van der Waals surface area contributed by atoms with Crippen molar-refractivity contribution >= 4 is 17.8 Å². The van der Waals surface area contributed by atoms with E-state index >= 15 is 0 Å². The number of rotatable bonds is 2. The van der Waals surface area contributed by atoms with Crippen LogP contribution in [0.15, 0.2) is 29.3 Å². The van der Waals surface area contributed by atoms with Crippen LogP contribution in [0.4, 0.5) is 13.2 Å². The normalized spacial score (nSPS) is 14.5. The van der Waals surface area contributed by atoms with E-state index in [1.165, 1.54) is 0 Å². The summed E-state index contributed by atoms with van der Waals surface area (Å²) in [4.78, 5) is 3.21. The van der Waals surface area contributed by atoms with Gasteiger partial charge in [0.1, 0.15) is 0 Å². The Morgan fingerprint density at radius 2 is 1.80 bits per heavy atom. The molecule has 1 unspecified atom stereocenters. The summed E-state index contributed by atoms with van der Waals surface area (Å²) in [6.07, 6.45) is -3.38. The molecule has 1 aromatic carbocycles. The third kappa shape index (κ3) is 3.91. The van der Waals surface area contributed by atoms with Gasteiger partial charge in [-0.15, -0.1) is 0 Å². The van der Waals surface area contributed by atoms with E-state index in [9.17, 15) is 13.2 Å². The summed E-state index contributed by atoms with van der Waals surface area (Å²) >= 11 is 5.02. The van der Waals surface area contributed by atoms with Crippen molar-refractivity contribution in [1.29, 1.82) is 0 Å². The lowest BCUT2D eigenvalue weighted by molar-refractivity contribution is -0.128. The Hall–Kier alpha value is -1.03. The van der Waals surface area contributed by atoms with Gasteiger partial charge in [0.05, 0.1) is 0 Å². The zero-order chi connectivity index (χ0) is 11.5. The fraction of sp³-hybridized carbons (Fsp3) is 0.300. The maximum atomic E-state index is 12.0. The van der Waals surface area contributed by atoms with Gasteiger partial charge in [-0.25, -0.2) is 0 Å². The lowest BCUT2D eigenvalue weighted by Gasteiger charge is -2.07. The van der Waals surface area contributed by atoms with Crippen LogP contribution in [0.3, 0.4) is 0 Å². The standard InChI is InChI=1S/C10H9ClF3N/c1-7-2-4-8(5-3-7)6-15-9(11)10(12,13)14/h2-6,9H,1H3. The Balaban J connectivity index is 2.70. The van der Waals surface area contributed by atoms with Crippen LogP contribution in [0.25, 0.3) is 0 Å². The molecule has 82 valence electrons. The molecule has 0 radical (unpaired) electrons. The number of aliphatic imine (C=N–C) groups is 1. The second-order valence-electron chi connectivity index (χ2n) is 3.07. The van der Waals surface area contributed by atoms with Crippen LogP contribution < -0.4 is 0 Å². The molecule has 0 aliphatic carbocycles. The first-order valence-electron chi connectivity index (χ1n) is 4.20. The first kappa shape index (κ1) is 12.0. The summed E-state index contributed by atoms with van der Waals surface area (Å²) < 4.78 is 35.9. The minimum absolute atomic E-state index is 0.593. The molecule has 1 nitrogen and oxygen atoms in total. The Labute approximate surface area is 90.6 Å². The van der Waals surface area contributed by atoms with Crippen LogP contribution in [0.5, 0.6) is 0 Å². The predicted molar refractivity (Wildman–Crippen MR) is 54.5 cm³/mol. The van der Waals surface area contributed by atoms with Gasteiger partial charge in [-0.2, -0.15) is 13.2 Å². The zero-order valence-electron chi connectivity index (χ0n) is 7.92. The number of hydrogen-bond acceptors (Lipinski definition) is 1. The molecule has 5 heteroatoms. The van der Waals surface area contributed by atoms with E-state index in [1.807, 2.05) is 6.92 Å². The smallest absolute Gasteiger partial charge is 0.264 e. The fourth-order valence-electron chi connectivity index (χ4n) is 0.889. The van der Waals surface area contributed by atoms with Crippen molar-refractivity contribution in [3.8, 4) is 0 Å². The molecular weight excluding hydrogens is 227 g/mol. The van der Waals surface area contributed by atoms with Gasteiger partial charge >= 0.3 is 6.18 Å². The molecular formula is C10H9ClF3N. The summed E-state index contributed by atoms with van der Waals surface area (Å²) in [6, 6.07) is 6.94. The lowest BCUT2D eigenvalue weighted by atomic mass is 10.2. The third-order valence-electron chi connectivity index (χ3n) is 1.70. The summed E-state index contributed by atoms with van der Waals surface area (Å²) in [7, 11) is 0. The van der Waals surface area contributed by atoms with E-state index in [0.29, 0.717) is 5.56 Å². The van der Waals surface area contributed by atoms with Crippen molar-refractivity contribution in [3.05, 3.63) is 35.4 Å². The summed E-state index contributed by atoms with van der Waals surface area (Å²) in [5.74, 6) is 0. The number of alkyl halides is 4. The number of halogens is 4. The summed E-state index contributed by atoms with van der Waals surface area (Å²) in [6.45, 7) is 1.89. The van der Waals surface area contributed by atoms with Gasteiger partial charge in [-0.1, -0.05) is 41.4 Å². The molecule has 0 aliphatic heterocycles. The Kier molecular flexibility index (Phi) is 3.74. The number of aryl methyl sites for hydroxylation is 1. The SMILES string of the molecule is Cc1ccc(C=NC(Cl)C(F)(F)F)cc1. The molecule has 15 heavy (non-hydrogen) atoms. The predicted octanol–water partition coefficient (Wildman–Crippen LogP) is 3.54. The van der Waals surface area contributed by atoms with Gasteiger partial charge in [0.25, 0.3) is 0 Å². The third-order valence-corrected chi connectivity index (χ3v) is 2.06. The molecule has 1 aromatic rings. The summed E-state index contributed by atoms with van der Waals surface area (Å²) in [5.41, 5.74) is -0.556. The van der Waals surface area contributed by atoms with E-state index in [0.717, 1.165) is 11.8 Å². The molecule has 0 N–H and O–H groups in total. The number of nitrogens with zero attached hydrogens (tertiary/aromatic N) is 1. The van der Waals surface area contributed by atoms with Crippen LogP contribution in [0, 0.1) is 6.92 Å². The molecule has 0 saturated heterocycles. The maximum Gasteiger partial charge on any atom is 0.424 e. The van der Waals surface area contributed by atoms with Crippen LogP contribution >= 0.6 is 11.6 Å². The average molecular weight is 236 g/mol. The van der Waals surface area contributed by atoms with E-state index in [1.54, 1.807) is 24.3 Å². The average Bonchev–Trinajstić information content (AvgIpc) is 2.15. The highest BCUT2D eigenvalue weighted by Gasteiger charge is 2.37. The topological polar surface area (TPSA) is 12.4 Å². The minimum atomic E-state index is -4.50. The summed E-state index contributed by atoms with van der Waals surface area (Å²) in [5, 5.41) is 0. The molecule has 0 saturated carbocycles. The van der Waals surface area contributed by atoms with Gasteiger partial charge in [0.15, 0.2) is 0 Å². The van der Waals surface area contributed by atoms with Crippen molar-refractivity contribution in [1.82, 2.24) is 0 Å². The van der Waals surface area contributed by atoms with Crippen LogP contribution in [-0.2, 0) is 0 Å². The molecule has 0 aliphatic rings. The molecule has 0 amide bonds. The molecule has 1 rings (SSSR count). The maximum absolute atomic E-state index is 12.0. The van der Waals surface area contributed by atoms with Gasteiger partial charge < -0.3 is 0 Å². The highest BCUT2D eigenvalue weighted by molar-refractivity contribution is 6.21. The first-order valence-corrected chi connectivity index (χ1v) is 4.64. The van der Waals surface area contributed by atoms with Crippen molar-refractivity contribution in [2.45, 2.75) is 18.6 Å². The largest absolute Gasteiger partial charge is 0.424 e. The number of benzene rings is 1. The molecule has 0 aromatic heterocycles. The highest BCUT2D eigenvalue weighted by atomic mass is 35.5. The minimum Gasteiger partial charge on any atom is -0.264 e. The first-order chi connectivity index (χ1) is 6.89. The van der Waals surface area contributed by atoms with E-state index < -0.39 is 11.7 Å². The quantitative estimate of drug-likeness (QED) is 0.422. The number of hydrogen-bond donors (Lipinski definition) is 0. The second-order valence-corrected chi connectivity index (χ2v) is 3.48. The second kappa shape index (κ2) is 4.66. The van der Waals surface area contributed by atoms with Gasteiger partial charge in [0.2, 0.25) is 5.50 Å². The monoisotopic (exact) mass is 235 g/mol. The van der Waals surface area contributed by atoms with E-state index in [2.05, 4.69) is 4.99 Å². The highest BCUT2D eigenvalue weighted by Crippen LogP contribution is 2.25. The Morgan fingerprint density at radius 3 is 2.27 bits per heavy atom. The van der Waals surface area contributed by atoms with Crippen LogP contribution in [0.1, 0.15) is 11.1 Å². The fourth-order valence-corrected chi connectivity index (χ4v) is 0.945. The molecule has 1 atom stereocenters. The van der Waals surface area contributed by atoms with Crippen molar-refractivity contribution in [2.24, 2.45) is 4.99 Å². The van der Waals surface area contributed by atoms with E-state index in [4.69, 9.17) is 11.6 Å². The molecule has 0 fully saturated rings.